The van der Waals surface area contributed by atoms with Crippen molar-refractivity contribution in [2.75, 3.05) is 43.9 Å². The highest BCUT2D eigenvalue weighted by Gasteiger charge is 2.42. The van der Waals surface area contributed by atoms with Crippen LogP contribution in [0.5, 0.6) is 0 Å². The lowest BCUT2D eigenvalue weighted by atomic mass is 9.88. The molecule has 11 heteroatoms. The van der Waals surface area contributed by atoms with E-state index < -0.39 is 27.8 Å². The SMILES string of the molecule is CCOC(=O)CC1(OS(C)(=O)=O)CCN(CC2CN(c3ccc(C#N)cc3)C(=O)O2)CC1. The van der Waals surface area contributed by atoms with Crippen molar-refractivity contribution in [3.8, 4) is 6.07 Å². The number of cyclic esters (lactones) is 1. The molecule has 0 radical (unpaired) electrons. The molecule has 0 N–H and O–H groups in total. The number of carbonyl (C=O) groups is 2. The number of hydrogen-bond donors (Lipinski definition) is 0. The Kier molecular flexibility index (Phi) is 7.38. The Morgan fingerprint density at radius 3 is 2.50 bits per heavy atom. The van der Waals surface area contributed by atoms with Gasteiger partial charge >= 0.3 is 12.1 Å². The second-order valence-electron chi connectivity index (χ2n) is 8.03. The van der Waals surface area contributed by atoms with Gasteiger partial charge in [-0.2, -0.15) is 13.7 Å². The summed E-state index contributed by atoms with van der Waals surface area (Å²) in [7, 11) is -3.76. The first-order valence-electron chi connectivity index (χ1n) is 10.4. The maximum Gasteiger partial charge on any atom is 0.414 e. The lowest BCUT2D eigenvalue weighted by Gasteiger charge is -2.40. The van der Waals surface area contributed by atoms with Crippen LogP contribution < -0.4 is 4.90 Å². The number of ether oxygens (including phenoxy) is 2. The van der Waals surface area contributed by atoms with E-state index in [-0.39, 0.29) is 19.1 Å². The summed E-state index contributed by atoms with van der Waals surface area (Å²) in [4.78, 5) is 27.9. The highest BCUT2D eigenvalue weighted by Crippen LogP contribution is 2.32. The van der Waals surface area contributed by atoms with Crippen molar-refractivity contribution < 1.29 is 31.7 Å². The molecule has 10 nitrogen and oxygen atoms in total. The molecule has 0 spiro atoms. The smallest absolute Gasteiger partial charge is 0.414 e. The largest absolute Gasteiger partial charge is 0.466 e. The van der Waals surface area contributed by atoms with Crippen LogP contribution in [0.3, 0.4) is 0 Å². The summed E-state index contributed by atoms with van der Waals surface area (Å²) in [6, 6.07) is 8.74. The van der Waals surface area contributed by atoms with Gasteiger partial charge in [0.25, 0.3) is 10.1 Å². The zero-order valence-electron chi connectivity index (χ0n) is 18.2. The summed E-state index contributed by atoms with van der Waals surface area (Å²) in [5.74, 6) is -0.493. The summed E-state index contributed by atoms with van der Waals surface area (Å²) in [5.41, 5.74) is 0.0379. The first-order chi connectivity index (χ1) is 15.1. The highest BCUT2D eigenvalue weighted by molar-refractivity contribution is 7.86. The van der Waals surface area contributed by atoms with Gasteiger partial charge in [-0.1, -0.05) is 0 Å². The third kappa shape index (κ3) is 6.18. The van der Waals surface area contributed by atoms with Crippen LogP contribution in [0, 0.1) is 11.3 Å². The highest BCUT2D eigenvalue weighted by atomic mass is 32.2. The molecule has 0 aliphatic carbocycles. The standard InChI is InChI=1S/C21H27N3O7S/c1-3-29-19(25)12-21(31-32(2,27)28)8-10-23(11-9-21)14-18-15-24(20(26)30-18)17-6-4-16(13-22)5-7-17/h4-7,18H,3,8-12,14-15H2,1-2H3. The number of benzene rings is 1. The minimum Gasteiger partial charge on any atom is -0.466 e. The molecule has 2 aliphatic heterocycles. The van der Waals surface area contributed by atoms with E-state index in [9.17, 15) is 18.0 Å². The number of anilines is 1. The van der Waals surface area contributed by atoms with Crippen LogP contribution in [0.4, 0.5) is 10.5 Å². The number of likely N-dealkylation sites (tertiary alicyclic amines) is 1. The number of nitrogens with zero attached hydrogens (tertiary/aromatic N) is 3. The third-order valence-electron chi connectivity index (χ3n) is 5.51. The van der Waals surface area contributed by atoms with Gasteiger partial charge in [-0.05, 0) is 44.0 Å². The maximum atomic E-state index is 12.3. The van der Waals surface area contributed by atoms with Crippen molar-refractivity contribution in [3.63, 3.8) is 0 Å². The molecular formula is C21H27N3O7S. The lowest BCUT2D eigenvalue weighted by Crippen LogP contribution is -2.50. The van der Waals surface area contributed by atoms with Crippen LogP contribution in [0.1, 0.15) is 31.7 Å². The quantitative estimate of drug-likeness (QED) is 0.416. The van der Waals surface area contributed by atoms with Crippen LogP contribution in [-0.2, 0) is 28.6 Å². The minimum atomic E-state index is -3.76. The number of hydrogen-bond acceptors (Lipinski definition) is 9. The zero-order chi connectivity index (χ0) is 23.4. The van der Waals surface area contributed by atoms with Crippen molar-refractivity contribution in [2.45, 2.75) is 37.9 Å². The van der Waals surface area contributed by atoms with Crippen LogP contribution in [-0.4, -0.2) is 76.1 Å². The fourth-order valence-electron chi connectivity index (χ4n) is 4.06. The normalized spacial score (nSPS) is 21.1. The molecule has 0 aromatic heterocycles. The zero-order valence-corrected chi connectivity index (χ0v) is 19.0. The molecule has 2 fully saturated rings. The summed E-state index contributed by atoms with van der Waals surface area (Å²) in [6.07, 6.45) is 0.701. The molecule has 1 atom stereocenters. The van der Waals surface area contributed by atoms with Gasteiger partial charge < -0.3 is 9.47 Å². The average molecular weight is 466 g/mol. The first-order valence-corrected chi connectivity index (χ1v) is 12.2. The van der Waals surface area contributed by atoms with Gasteiger partial charge in [-0.25, -0.2) is 4.79 Å². The fourth-order valence-corrected chi connectivity index (χ4v) is 4.93. The Bertz CT molecular complexity index is 980. The topological polar surface area (TPSA) is 126 Å². The number of amides is 1. The van der Waals surface area contributed by atoms with E-state index in [0.29, 0.717) is 50.3 Å². The molecule has 2 saturated heterocycles. The number of rotatable bonds is 8. The van der Waals surface area contributed by atoms with Gasteiger partial charge in [0.15, 0.2) is 0 Å². The number of piperidine rings is 1. The van der Waals surface area contributed by atoms with Crippen LogP contribution in [0.2, 0.25) is 0 Å². The van der Waals surface area contributed by atoms with Crippen molar-refractivity contribution in [2.24, 2.45) is 0 Å². The Hall–Kier alpha value is -2.68. The second-order valence-corrected chi connectivity index (χ2v) is 9.60. The first kappa shape index (κ1) is 24.0. The maximum absolute atomic E-state index is 12.3. The predicted octanol–water partition coefficient (Wildman–Crippen LogP) is 1.65. The average Bonchev–Trinajstić information content (AvgIpc) is 3.09. The Balaban J connectivity index is 1.58. The van der Waals surface area contributed by atoms with Crippen LogP contribution in [0.25, 0.3) is 0 Å². The van der Waals surface area contributed by atoms with Crippen molar-refractivity contribution in [1.82, 2.24) is 4.90 Å². The fraction of sp³-hybridized carbons (Fsp3) is 0.571. The van der Waals surface area contributed by atoms with E-state index in [1.165, 1.54) is 4.90 Å². The van der Waals surface area contributed by atoms with E-state index >= 15 is 0 Å². The molecule has 3 rings (SSSR count). The van der Waals surface area contributed by atoms with Gasteiger partial charge in [0, 0.05) is 25.3 Å². The van der Waals surface area contributed by atoms with E-state index in [4.69, 9.17) is 18.9 Å². The number of nitriles is 1. The number of carbonyl (C=O) groups excluding carboxylic acids is 2. The van der Waals surface area contributed by atoms with Gasteiger partial charge in [-0.15, -0.1) is 0 Å². The van der Waals surface area contributed by atoms with Crippen LogP contribution >= 0.6 is 0 Å². The Labute approximate surface area is 187 Å². The second kappa shape index (κ2) is 9.85. The van der Waals surface area contributed by atoms with Gasteiger partial charge in [-0.3, -0.25) is 18.8 Å². The lowest BCUT2D eigenvalue weighted by molar-refractivity contribution is -0.149. The molecule has 1 amide bonds. The Morgan fingerprint density at radius 1 is 1.28 bits per heavy atom. The molecule has 1 aromatic rings. The molecule has 0 bridgehead atoms. The molecular weight excluding hydrogens is 438 g/mol. The number of esters is 1. The van der Waals surface area contributed by atoms with Gasteiger partial charge in [0.05, 0.1) is 37.5 Å². The summed E-state index contributed by atoms with van der Waals surface area (Å²) < 4.78 is 39.4. The minimum absolute atomic E-state index is 0.132. The van der Waals surface area contributed by atoms with E-state index in [2.05, 4.69) is 4.90 Å². The third-order valence-corrected chi connectivity index (χ3v) is 6.17. The molecule has 1 aromatic carbocycles. The summed E-state index contributed by atoms with van der Waals surface area (Å²) in [5, 5.41) is 8.92. The predicted molar refractivity (Wildman–Crippen MR) is 114 cm³/mol. The van der Waals surface area contributed by atoms with E-state index in [0.717, 1.165) is 6.26 Å². The van der Waals surface area contributed by atoms with Gasteiger partial charge in [0.2, 0.25) is 0 Å². The molecule has 0 saturated carbocycles. The Morgan fingerprint density at radius 2 is 1.94 bits per heavy atom. The van der Waals surface area contributed by atoms with Gasteiger partial charge in [0.1, 0.15) is 11.7 Å². The molecule has 2 aliphatic rings. The summed E-state index contributed by atoms with van der Waals surface area (Å²) in [6.45, 7) is 3.72. The van der Waals surface area contributed by atoms with Crippen molar-refractivity contribution in [3.05, 3.63) is 29.8 Å². The van der Waals surface area contributed by atoms with E-state index in [1.54, 1.807) is 31.2 Å². The van der Waals surface area contributed by atoms with Crippen molar-refractivity contribution >= 4 is 27.9 Å². The summed E-state index contributed by atoms with van der Waals surface area (Å²) >= 11 is 0. The molecule has 32 heavy (non-hydrogen) atoms. The monoisotopic (exact) mass is 465 g/mol. The molecule has 2 heterocycles. The van der Waals surface area contributed by atoms with E-state index in [1.807, 2.05) is 6.07 Å². The van der Waals surface area contributed by atoms with Crippen LogP contribution in [0.15, 0.2) is 24.3 Å². The molecule has 174 valence electrons. The molecule has 1 unspecified atom stereocenters. The van der Waals surface area contributed by atoms with Crippen molar-refractivity contribution in [1.29, 1.82) is 5.26 Å².